The van der Waals surface area contributed by atoms with Gasteiger partial charge in [-0.3, -0.25) is 9.59 Å². The molecule has 22 heavy (non-hydrogen) atoms. The summed E-state index contributed by atoms with van der Waals surface area (Å²) in [6.07, 6.45) is 0.414. The highest BCUT2D eigenvalue weighted by Gasteiger charge is 2.36. The standard InChI is InChI=1S/C17H17NO3S/c1-10(15-7-4-8-22-15)16(19)18-14-9-13(17(20)21)11-5-2-3-6-12(11)14/h2-8,10,13-14H,9H2,1H3,(H,18,19)(H,20,21). The van der Waals surface area contributed by atoms with Crippen LogP contribution in [-0.4, -0.2) is 17.0 Å². The van der Waals surface area contributed by atoms with Gasteiger partial charge in [-0.15, -0.1) is 11.3 Å². The number of carbonyl (C=O) groups excluding carboxylic acids is 1. The van der Waals surface area contributed by atoms with Gasteiger partial charge in [-0.05, 0) is 35.9 Å². The van der Waals surface area contributed by atoms with E-state index in [1.54, 1.807) is 11.3 Å². The third-order valence-electron chi connectivity index (χ3n) is 4.20. The summed E-state index contributed by atoms with van der Waals surface area (Å²) >= 11 is 1.55. The Balaban J connectivity index is 1.79. The minimum atomic E-state index is -0.837. The number of aliphatic carboxylic acids is 1. The van der Waals surface area contributed by atoms with Crippen LogP contribution in [0, 0.1) is 0 Å². The molecule has 1 heterocycles. The fraction of sp³-hybridized carbons (Fsp3) is 0.294. The van der Waals surface area contributed by atoms with Crippen molar-refractivity contribution in [3.05, 3.63) is 57.8 Å². The Kier molecular flexibility index (Phi) is 3.98. The molecule has 3 unspecified atom stereocenters. The van der Waals surface area contributed by atoms with E-state index in [1.807, 2.05) is 48.7 Å². The van der Waals surface area contributed by atoms with Gasteiger partial charge in [0.05, 0.1) is 17.9 Å². The smallest absolute Gasteiger partial charge is 0.311 e. The highest BCUT2D eigenvalue weighted by Crippen LogP contribution is 2.40. The molecule has 1 aliphatic rings. The maximum atomic E-state index is 12.4. The van der Waals surface area contributed by atoms with E-state index >= 15 is 0 Å². The zero-order valence-electron chi connectivity index (χ0n) is 12.2. The Morgan fingerprint density at radius 1 is 1.23 bits per heavy atom. The fourth-order valence-corrected chi connectivity index (χ4v) is 3.75. The number of amides is 1. The van der Waals surface area contributed by atoms with Gasteiger partial charge < -0.3 is 10.4 Å². The maximum absolute atomic E-state index is 12.4. The highest BCUT2D eigenvalue weighted by molar-refractivity contribution is 7.10. The number of benzene rings is 1. The molecule has 1 amide bonds. The largest absolute Gasteiger partial charge is 0.481 e. The summed E-state index contributed by atoms with van der Waals surface area (Å²) < 4.78 is 0. The summed E-state index contributed by atoms with van der Waals surface area (Å²) in [6.45, 7) is 1.87. The Labute approximate surface area is 132 Å². The zero-order valence-corrected chi connectivity index (χ0v) is 13.0. The first kappa shape index (κ1) is 14.8. The predicted octanol–water partition coefficient (Wildman–Crippen LogP) is 3.28. The van der Waals surface area contributed by atoms with Crippen molar-refractivity contribution in [1.29, 1.82) is 0 Å². The molecule has 0 bridgehead atoms. The third kappa shape index (κ3) is 2.64. The Bertz CT molecular complexity index is 696. The van der Waals surface area contributed by atoms with Crippen molar-refractivity contribution in [2.75, 3.05) is 0 Å². The number of nitrogens with one attached hydrogen (secondary N) is 1. The summed E-state index contributed by atoms with van der Waals surface area (Å²) in [7, 11) is 0. The minimum absolute atomic E-state index is 0.0618. The van der Waals surface area contributed by atoms with Gasteiger partial charge in [-0.25, -0.2) is 0 Å². The second kappa shape index (κ2) is 5.93. The minimum Gasteiger partial charge on any atom is -0.481 e. The van der Waals surface area contributed by atoms with Gasteiger partial charge in [0.1, 0.15) is 0 Å². The van der Waals surface area contributed by atoms with Crippen LogP contribution in [-0.2, 0) is 9.59 Å². The first-order valence-corrected chi connectivity index (χ1v) is 8.11. The average molecular weight is 315 g/mol. The Morgan fingerprint density at radius 3 is 2.59 bits per heavy atom. The van der Waals surface area contributed by atoms with Crippen molar-refractivity contribution in [2.45, 2.75) is 31.2 Å². The monoisotopic (exact) mass is 315 g/mol. The van der Waals surface area contributed by atoms with E-state index < -0.39 is 11.9 Å². The second-order valence-electron chi connectivity index (χ2n) is 5.55. The van der Waals surface area contributed by atoms with Crippen LogP contribution >= 0.6 is 11.3 Å². The molecule has 0 saturated carbocycles. The lowest BCUT2D eigenvalue weighted by Crippen LogP contribution is -2.31. The molecule has 0 aliphatic heterocycles. The normalized spacial score (nSPS) is 21.1. The maximum Gasteiger partial charge on any atom is 0.311 e. The van der Waals surface area contributed by atoms with Gasteiger partial charge >= 0.3 is 5.97 Å². The van der Waals surface area contributed by atoms with E-state index in [1.165, 1.54) is 0 Å². The first-order valence-electron chi connectivity index (χ1n) is 7.23. The molecule has 1 aromatic heterocycles. The average Bonchev–Trinajstić information content (AvgIpc) is 3.15. The molecular weight excluding hydrogens is 298 g/mol. The number of carbonyl (C=O) groups is 2. The lowest BCUT2D eigenvalue weighted by atomic mass is 10.0. The number of hydrogen-bond acceptors (Lipinski definition) is 3. The molecule has 3 rings (SSSR count). The Hall–Kier alpha value is -2.14. The van der Waals surface area contributed by atoms with E-state index in [-0.39, 0.29) is 17.9 Å². The lowest BCUT2D eigenvalue weighted by Gasteiger charge is -2.17. The van der Waals surface area contributed by atoms with Crippen molar-refractivity contribution in [2.24, 2.45) is 0 Å². The van der Waals surface area contributed by atoms with Crippen molar-refractivity contribution in [3.63, 3.8) is 0 Å². The quantitative estimate of drug-likeness (QED) is 0.910. The molecule has 114 valence electrons. The molecule has 1 aliphatic carbocycles. The van der Waals surface area contributed by atoms with E-state index in [4.69, 9.17) is 0 Å². The molecule has 5 heteroatoms. The third-order valence-corrected chi connectivity index (χ3v) is 5.25. The van der Waals surface area contributed by atoms with Crippen LogP contribution in [0.25, 0.3) is 0 Å². The molecular formula is C17H17NO3S. The van der Waals surface area contributed by atoms with Crippen LogP contribution in [0.5, 0.6) is 0 Å². The van der Waals surface area contributed by atoms with Crippen molar-refractivity contribution in [1.82, 2.24) is 5.32 Å². The molecule has 0 fully saturated rings. The van der Waals surface area contributed by atoms with Crippen LogP contribution < -0.4 is 5.32 Å². The van der Waals surface area contributed by atoms with Crippen LogP contribution in [0.1, 0.15) is 47.2 Å². The van der Waals surface area contributed by atoms with Crippen molar-refractivity contribution >= 4 is 23.2 Å². The molecule has 4 nitrogen and oxygen atoms in total. The molecule has 0 saturated heterocycles. The number of carboxylic acids is 1. The number of thiophene rings is 1. The summed E-state index contributed by atoms with van der Waals surface area (Å²) in [5.41, 5.74) is 1.73. The SMILES string of the molecule is CC(C(=O)NC1CC(C(=O)O)c2ccccc21)c1cccs1. The second-order valence-corrected chi connectivity index (χ2v) is 6.53. The van der Waals surface area contributed by atoms with Gasteiger partial charge in [0.2, 0.25) is 5.91 Å². The zero-order chi connectivity index (χ0) is 15.7. The Morgan fingerprint density at radius 2 is 1.95 bits per heavy atom. The van der Waals surface area contributed by atoms with E-state index in [0.29, 0.717) is 6.42 Å². The van der Waals surface area contributed by atoms with Crippen molar-refractivity contribution in [3.8, 4) is 0 Å². The van der Waals surface area contributed by atoms with Crippen LogP contribution in [0.4, 0.5) is 0 Å². The number of fused-ring (bicyclic) bond motifs is 1. The van der Waals surface area contributed by atoms with Gasteiger partial charge in [0.25, 0.3) is 0 Å². The molecule has 1 aromatic carbocycles. The van der Waals surface area contributed by atoms with Gasteiger partial charge in [-0.1, -0.05) is 30.3 Å². The predicted molar refractivity (Wildman–Crippen MR) is 85.1 cm³/mol. The van der Waals surface area contributed by atoms with E-state index in [2.05, 4.69) is 5.32 Å². The fourth-order valence-electron chi connectivity index (χ4n) is 2.97. The molecule has 2 N–H and O–H groups in total. The summed E-state index contributed by atoms with van der Waals surface area (Å²) in [5, 5.41) is 14.3. The number of hydrogen-bond donors (Lipinski definition) is 2. The van der Waals surface area contributed by atoms with Gasteiger partial charge in [-0.2, -0.15) is 0 Å². The molecule has 2 aromatic rings. The van der Waals surface area contributed by atoms with Crippen LogP contribution in [0.15, 0.2) is 41.8 Å². The summed E-state index contributed by atoms with van der Waals surface area (Å²) in [6, 6.07) is 11.1. The number of carboxylic acid groups (broad SMARTS) is 1. The summed E-state index contributed by atoms with van der Waals surface area (Å²) in [5.74, 6) is -1.67. The first-order chi connectivity index (χ1) is 10.6. The van der Waals surface area contributed by atoms with Crippen LogP contribution in [0.2, 0.25) is 0 Å². The number of rotatable bonds is 4. The van der Waals surface area contributed by atoms with E-state index in [9.17, 15) is 14.7 Å². The van der Waals surface area contributed by atoms with Crippen molar-refractivity contribution < 1.29 is 14.7 Å². The van der Waals surface area contributed by atoms with Crippen LogP contribution in [0.3, 0.4) is 0 Å². The lowest BCUT2D eigenvalue weighted by molar-refractivity contribution is -0.139. The molecule has 0 radical (unpaired) electrons. The highest BCUT2D eigenvalue weighted by atomic mass is 32.1. The van der Waals surface area contributed by atoms with Gasteiger partial charge in [0, 0.05) is 4.88 Å². The molecule has 3 atom stereocenters. The summed E-state index contributed by atoms with van der Waals surface area (Å²) in [4.78, 5) is 24.8. The molecule has 0 spiro atoms. The topological polar surface area (TPSA) is 66.4 Å². The van der Waals surface area contributed by atoms with Gasteiger partial charge in [0.15, 0.2) is 0 Å². The van der Waals surface area contributed by atoms with E-state index in [0.717, 1.165) is 16.0 Å².